The van der Waals surface area contributed by atoms with Gasteiger partial charge in [-0.05, 0) is 28.9 Å². The fraction of sp³-hybridized carbons (Fsp3) is 0.400. The van der Waals surface area contributed by atoms with E-state index in [1.54, 1.807) is 13.2 Å². The molecule has 1 aromatic carbocycles. The first-order valence-corrected chi connectivity index (χ1v) is 5.53. The van der Waals surface area contributed by atoms with Crippen LogP contribution in [0.15, 0.2) is 22.7 Å². The normalized spacial score (nSPS) is 12.2. The molecular weight excluding hydrogens is 276 g/mol. The first kappa shape index (κ1) is 12.9. The van der Waals surface area contributed by atoms with E-state index in [1.807, 2.05) is 6.92 Å². The highest BCUT2D eigenvalue weighted by molar-refractivity contribution is 9.10. The summed E-state index contributed by atoms with van der Waals surface area (Å²) in [5, 5.41) is 13.7. The largest absolute Gasteiger partial charge is 0.383 e. The Labute approximate surface area is 102 Å². The highest BCUT2D eigenvalue weighted by Crippen LogP contribution is 2.27. The zero-order chi connectivity index (χ0) is 12.1. The highest BCUT2D eigenvalue weighted by Gasteiger charge is 2.11. The third kappa shape index (κ3) is 3.46. The van der Waals surface area contributed by atoms with Crippen LogP contribution in [0.25, 0.3) is 0 Å². The van der Waals surface area contributed by atoms with Gasteiger partial charge in [0, 0.05) is 29.8 Å². The number of anilines is 1. The fourth-order valence-electron chi connectivity index (χ4n) is 1.29. The minimum absolute atomic E-state index is 0.0651. The fourth-order valence-corrected chi connectivity index (χ4v) is 1.66. The molecule has 0 saturated heterocycles. The number of rotatable bonds is 5. The van der Waals surface area contributed by atoms with Crippen molar-refractivity contribution in [2.24, 2.45) is 0 Å². The van der Waals surface area contributed by atoms with Gasteiger partial charge in [0.15, 0.2) is 0 Å². The summed E-state index contributed by atoms with van der Waals surface area (Å²) >= 11 is 3.33. The van der Waals surface area contributed by atoms with Gasteiger partial charge in [-0.15, -0.1) is 0 Å². The molecule has 16 heavy (non-hydrogen) atoms. The van der Waals surface area contributed by atoms with Crippen molar-refractivity contribution in [1.29, 1.82) is 0 Å². The number of non-ortho nitro benzene ring substituents is 1. The van der Waals surface area contributed by atoms with E-state index in [-0.39, 0.29) is 11.7 Å². The lowest BCUT2D eigenvalue weighted by Gasteiger charge is -2.15. The lowest BCUT2D eigenvalue weighted by atomic mass is 10.2. The van der Waals surface area contributed by atoms with Crippen molar-refractivity contribution in [3.63, 3.8) is 0 Å². The minimum atomic E-state index is -0.418. The lowest BCUT2D eigenvalue weighted by Crippen LogP contribution is -2.21. The van der Waals surface area contributed by atoms with E-state index in [4.69, 9.17) is 4.74 Å². The Morgan fingerprint density at radius 3 is 2.88 bits per heavy atom. The zero-order valence-electron chi connectivity index (χ0n) is 9.07. The van der Waals surface area contributed by atoms with Gasteiger partial charge in [-0.2, -0.15) is 0 Å². The molecule has 0 saturated carbocycles. The van der Waals surface area contributed by atoms with E-state index in [1.165, 1.54) is 12.1 Å². The first-order valence-electron chi connectivity index (χ1n) is 4.74. The van der Waals surface area contributed by atoms with Crippen molar-refractivity contribution >= 4 is 27.3 Å². The molecule has 0 radical (unpaired) electrons. The molecule has 0 aromatic heterocycles. The van der Waals surface area contributed by atoms with Crippen molar-refractivity contribution in [2.75, 3.05) is 19.0 Å². The predicted molar refractivity (Wildman–Crippen MR) is 65.8 cm³/mol. The molecule has 0 fully saturated rings. The van der Waals surface area contributed by atoms with Crippen LogP contribution in [-0.2, 0) is 4.74 Å². The number of ether oxygens (including phenoxy) is 1. The number of hydrogen-bond donors (Lipinski definition) is 1. The Balaban J connectivity index is 2.85. The Bertz CT molecular complexity index is 384. The van der Waals surface area contributed by atoms with Gasteiger partial charge in [0.05, 0.1) is 17.2 Å². The lowest BCUT2D eigenvalue weighted by molar-refractivity contribution is -0.384. The SMILES string of the molecule is COCC(C)Nc1cc([N+](=O)[O-])ccc1Br. The summed E-state index contributed by atoms with van der Waals surface area (Å²) in [5.41, 5.74) is 0.758. The van der Waals surface area contributed by atoms with Crippen molar-refractivity contribution in [2.45, 2.75) is 13.0 Å². The summed E-state index contributed by atoms with van der Waals surface area (Å²) in [5.74, 6) is 0. The molecule has 1 N–H and O–H groups in total. The maximum atomic E-state index is 10.6. The van der Waals surface area contributed by atoms with E-state index in [0.29, 0.717) is 12.3 Å². The number of nitro benzene ring substituents is 1. The van der Waals surface area contributed by atoms with E-state index in [9.17, 15) is 10.1 Å². The van der Waals surface area contributed by atoms with Crippen LogP contribution >= 0.6 is 15.9 Å². The van der Waals surface area contributed by atoms with Crippen LogP contribution in [0.2, 0.25) is 0 Å². The average molecular weight is 289 g/mol. The standard InChI is InChI=1S/C10H13BrN2O3/c1-7(6-16-2)12-10-5-8(13(14)15)3-4-9(10)11/h3-5,7,12H,6H2,1-2H3. The molecule has 1 atom stereocenters. The maximum Gasteiger partial charge on any atom is 0.271 e. The Kier molecular flexibility index (Phi) is 4.70. The van der Waals surface area contributed by atoms with Gasteiger partial charge in [0.1, 0.15) is 0 Å². The van der Waals surface area contributed by atoms with Crippen LogP contribution in [0.4, 0.5) is 11.4 Å². The molecule has 6 heteroatoms. The summed E-state index contributed by atoms with van der Waals surface area (Å²) in [6.07, 6.45) is 0. The first-order chi connectivity index (χ1) is 7.54. The van der Waals surface area contributed by atoms with E-state index in [2.05, 4.69) is 21.2 Å². The molecule has 0 amide bonds. The zero-order valence-corrected chi connectivity index (χ0v) is 10.7. The second-order valence-electron chi connectivity index (χ2n) is 3.42. The summed E-state index contributed by atoms with van der Waals surface area (Å²) in [7, 11) is 1.61. The van der Waals surface area contributed by atoms with E-state index >= 15 is 0 Å². The number of halogens is 1. The van der Waals surface area contributed by atoms with Gasteiger partial charge >= 0.3 is 0 Å². The second-order valence-corrected chi connectivity index (χ2v) is 4.28. The number of benzene rings is 1. The molecule has 1 rings (SSSR count). The Morgan fingerprint density at radius 2 is 2.31 bits per heavy atom. The van der Waals surface area contributed by atoms with Gasteiger partial charge < -0.3 is 10.1 Å². The molecule has 0 aliphatic rings. The van der Waals surface area contributed by atoms with Crippen molar-refractivity contribution in [3.05, 3.63) is 32.8 Å². The van der Waals surface area contributed by atoms with E-state index in [0.717, 1.165) is 4.47 Å². The van der Waals surface area contributed by atoms with Gasteiger partial charge in [0.25, 0.3) is 5.69 Å². The molecule has 88 valence electrons. The van der Waals surface area contributed by atoms with Gasteiger partial charge in [-0.1, -0.05) is 0 Å². The van der Waals surface area contributed by atoms with Gasteiger partial charge in [-0.25, -0.2) is 0 Å². The molecule has 0 heterocycles. The smallest absolute Gasteiger partial charge is 0.271 e. The Morgan fingerprint density at radius 1 is 1.62 bits per heavy atom. The van der Waals surface area contributed by atoms with Crippen LogP contribution in [0.1, 0.15) is 6.92 Å². The maximum absolute atomic E-state index is 10.6. The number of methoxy groups -OCH3 is 1. The van der Waals surface area contributed by atoms with E-state index < -0.39 is 4.92 Å². The monoisotopic (exact) mass is 288 g/mol. The topological polar surface area (TPSA) is 64.4 Å². The van der Waals surface area contributed by atoms with Crippen molar-refractivity contribution < 1.29 is 9.66 Å². The third-order valence-electron chi connectivity index (χ3n) is 1.98. The van der Waals surface area contributed by atoms with Crippen LogP contribution in [-0.4, -0.2) is 24.7 Å². The summed E-state index contributed by atoms with van der Waals surface area (Å²) in [6, 6.07) is 4.69. The van der Waals surface area contributed by atoms with Crippen LogP contribution < -0.4 is 5.32 Å². The quantitative estimate of drug-likeness (QED) is 0.668. The van der Waals surface area contributed by atoms with Crippen LogP contribution in [0.3, 0.4) is 0 Å². The molecule has 0 spiro atoms. The summed E-state index contributed by atoms with van der Waals surface area (Å²) in [6.45, 7) is 2.48. The number of nitrogens with one attached hydrogen (secondary N) is 1. The molecule has 0 aliphatic carbocycles. The molecular formula is C10H13BrN2O3. The second kappa shape index (κ2) is 5.81. The number of hydrogen-bond acceptors (Lipinski definition) is 4. The highest BCUT2D eigenvalue weighted by atomic mass is 79.9. The number of nitro groups is 1. The van der Waals surface area contributed by atoms with Gasteiger partial charge in [-0.3, -0.25) is 10.1 Å². The Hall–Kier alpha value is -1.14. The van der Waals surface area contributed by atoms with Crippen LogP contribution in [0, 0.1) is 10.1 Å². The van der Waals surface area contributed by atoms with Crippen molar-refractivity contribution in [1.82, 2.24) is 0 Å². The van der Waals surface area contributed by atoms with Gasteiger partial charge in [0.2, 0.25) is 0 Å². The third-order valence-corrected chi connectivity index (χ3v) is 2.67. The predicted octanol–water partition coefficient (Wildman–Crippen LogP) is 2.80. The summed E-state index contributed by atoms with van der Waals surface area (Å²) < 4.78 is 5.77. The number of nitrogens with zero attached hydrogens (tertiary/aromatic N) is 1. The minimum Gasteiger partial charge on any atom is -0.383 e. The molecule has 1 aromatic rings. The summed E-state index contributed by atoms with van der Waals surface area (Å²) in [4.78, 5) is 10.2. The average Bonchev–Trinajstić information content (AvgIpc) is 2.21. The molecule has 0 bridgehead atoms. The van der Waals surface area contributed by atoms with Crippen LogP contribution in [0.5, 0.6) is 0 Å². The molecule has 0 aliphatic heterocycles. The molecule has 1 unspecified atom stereocenters. The molecule has 5 nitrogen and oxygen atoms in total. The van der Waals surface area contributed by atoms with Crippen molar-refractivity contribution in [3.8, 4) is 0 Å².